The molecule has 1 aromatic heterocycles. The van der Waals surface area contributed by atoms with Crippen molar-refractivity contribution in [2.75, 3.05) is 6.61 Å². The first-order chi connectivity index (χ1) is 8.61. The SMILES string of the molecule is CC(NC(C)C(C)CO)c1cc2ccccc2s1. The van der Waals surface area contributed by atoms with Crippen molar-refractivity contribution < 1.29 is 5.11 Å². The second kappa shape index (κ2) is 5.83. The third-order valence-corrected chi connectivity index (χ3v) is 4.82. The number of aliphatic hydroxyl groups excluding tert-OH is 1. The van der Waals surface area contributed by atoms with Crippen LogP contribution in [0.5, 0.6) is 0 Å². The van der Waals surface area contributed by atoms with E-state index in [1.165, 1.54) is 15.0 Å². The van der Waals surface area contributed by atoms with Crippen molar-refractivity contribution in [3.63, 3.8) is 0 Å². The summed E-state index contributed by atoms with van der Waals surface area (Å²) < 4.78 is 1.34. The topological polar surface area (TPSA) is 32.3 Å². The molecule has 0 saturated carbocycles. The standard InChI is InChI=1S/C15H21NOS/c1-10(9-17)11(2)16-12(3)15-8-13-6-4-5-7-14(13)18-15/h4-8,10-12,16-17H,9H2,1-3H3. The summed E-state index contributed by atoms with van der Waals surface area (Å²) in [6, 6.07) is 11.4. The number of hydrogen-bond acceptors (Lipinski definition) is 3. The second-order valence-electron chi connectivity index (χ2n) is 5.02. The third kappa shape index (κ3) is 2.91. The van der Waals surface area contributed by atoms with Crippen molar-refractivity contribution in [3.05, 3.63) is 35.2 Å². The molecule has 0 aliphatic carbocycles. The van der Waals surface area contributed by atoms with E-state index in [-0.39, 0.29) is 12.5 Å². The molecule has 0 radical (unpaired) electrons. The van der Waals surface area contributed by atoms with Gasteiger partial charge in [-0.1, -0.05) is 25.1 Å². The van der Waals surface area contributed by atoms with E-state index in [0.717, 1.165) is 0 Å². The van der Waals surface area contributed by atoms with Gasteiger partial charge in [0.25, 0.3) is 0 Å². The van der Waals surface area contributed by atoms with Gasteiger partial charge in [0.15, 0.2) is 0 Å². The molecule has 3 atom stereocenters. The van der Waals surface area contributed by atoms with E-state index in [2.05, 4.69) is 56.4 Å². The molecular weight excluding hydrogens is 242 g/mol. The van der Waals surface area contributed by atoms with E-state index in [0.29, 0.717) is 12.1 Å². The van der Waals surface area contributed by atoms with Gasteiger partial charge in [-0.2, -0.15) is 0 Å². The molecule has 0 amide bonds. The maximum Gasteiger partial charge on any atom is 0.0471 e. The minimum absolute atomic E-state index is 0.229. The van der Waals surface area contributed by atoms with Crippen LogP contribution in [0.25, 0.3) is 10.1 Å². The molecule has 2 rings (SSSR count). The zero-order valence-electron chi connectivity index (χ0n) is 11.2. The molecule has 2 nitrogen and oxygen atoms in total. The lowest BCUT2D eigenvalue weighted by Gasteiger charge is -2.23. The predicted molar refractivity (Wildman–Crippen MR) is 79.1 cm³/mol. The van der Waals surface area contributed by atoms with Crippen molar-refractivity contribution >= 4 is 21.4 Å². The normalized spacial score (nSPS) is 16.7. The Labute approximate surface area is 113 Å². The average Bonchev–Trinajstić information content (AvgIpc) is 2.81. The Bertz CT molecular complexity index is 475. The first kappa shape index (κ1) is 13.5. The smallest absolute Gasteiger partial charge is 0.0471 e. The highest BCUT2D eigenvalue weighted by Gasteiger charge is 2.16. The van der Waals surface area contributed by atoms with Crippen LogP contribution in [0, 0.1) is 5.92 Å². The van der Waals surface area contributed by atoms with Gasteiger partial charge in [0.2, 0.25) is 0 Å². The molecular formula is C15H21NOS. The van der Waals surface area contributed by atoms with Gasteiger partial charge in [0, 0.05) is 28.3 Å². The number of aliphatic hydroxyl groups is 1. The number of hydrogen-bond donors (Lipinski definition) is 2. The first-order valence-electron chi connectivity index (χ1n) is 6.47. The van der Waals surface area contributed by atoms with E-state index < -0.39 is 0 Å². The van der Waals surface area contributed by atoms with E-state index in [4.69, 9.17) is 5.11 Å². The molecule has 0 aliphatic rings. The summed E-state index contributed by atoms with van der Waals surface area (Å²) in [5.74, 6) is 0.279. The maximum absolute atomic E-state index is 9.17. The zero-order valence-corrected chi connectivity index (χ0v) is 12.0. The van der Waals surface area contributed by atoms with Gasteiger partial charge in [-0.15, -0.1) is 11.3 Å². The maximum atomic E-state index is 9.17. The highest BCUT2D eigenvalue weighted by Crippen LogP contribution is 2.30. The van der Waals surface area contributed by atoms with E-state index >= 15 is 0 Å². The highest BCUT2D eigenvalue weighted by atomic mass is 32.1. The Kier molecular flexibility index (Phi) is 4.38. The van der Waals surface area contributed by atoms with Crippen LogP contribution in [0.2, 0.25) is 0 Å². The summed E-state index contributed by atoms with van der Waals surface area (Å²) in [6.45, 7) is 6.61. The fourth-order valence-electron chi connectivity index (χ4n) is 2.01. The lowest BCUT2D eigenvalue weighted by atomic mass is 10.0. The highest BCUT2D eigenvalue weighted by molar-refractivity contribution is 7.19. The van der Waals surface area contributed by atoms with Crippen molar-refractivity contribution in [1.29, 1.82) is 0 Å². The van der Waals surface area contributed by atoms with E-state index in [1.807, 2.05) is 11.3 Å². The average molecular weight is 263 g/mol. The number of rotatable bonds is 5. The van der Waals surface area contributed by atoms with Gasteiger partial charge in [-0.25, -0.2) is 0 Å². The third-order valence-electron chi connectivity index (χ3n) is 3.53. The zero-order chi connectivity index (χ0) is 13.1. The van der Waals surface area contributed by atoms with Crippen LogP contribution in [-0.2, 0) is 0 Å². The molecule has 2 aromatic rings. The lowest BCUT2D eigenvalue weighted by molar-refractivity contribution is 0.202. The molecule has 3 heteroatoms. The summed E-state index contributed by atoms with van der Waals surface area (Å²) in [4.78, 5) is 1.35. The van der Waals surface area contributed by atoms with Crippen molar-refractivity contribution in [1.82, 2.24) is 5.32 Å². The van der Waals surface area contributed by atoms with Crippen molar-refractivity contribution in [3.8, 4) is 0 Å². The summed E-state index contributed by atoms with van der Waals surface area (Å²) in [6.07, 6.45) is 0. The van der Waals surface area contributed by atoms with Crippen LogP contribution in [0.1, 0.15) is 31.7 Å². The molecule has 1 heterocycles. The van der Waals surface area contributed by atoms with E-state index in [1.54, 1.807) is 0 Å². The van der Waals surface area contributed by atoms with Crippen LogP contribution in [0.15, 0.2) is 30.3 Å². The molecule has 0 bridgehead atoms. The predicted octanol–water partition coefficient (Wildman–Crippen LogP) is 3.57. The molecule has 18 heavy (non-hydrogen) atoms. The Hall–Kier alpha value is -0.900. The van der Waals surface area contributed by atoms with Crippen molar-refractivity contribution in [2.24, 2.45) is 5.92 Å². The van der Waals surface area contributed by atoms with Gasteiger partial charge >= 0.3 is 0 Å². The molecule has 0 fully saturated rings. The summed E-state index contributed by atoms with van der Waals surface area (Å²) in [7, 11) is 0. The van der Waals surface area contributed by atoms with Gasteiger partial charge < -0.3 is 10.4 Å². The fourth-order valence-corrected chi connectivity index (χ4v) is 3.09. The Balaban J connectivity index is 2.11. The summed E-state index contributed by atoms with van der Waals surface area (Å²) in [5.41, 5.74) is 0. The lowest BCUT2D eigenvalue weighted by Crippen LogP contribution is -2.35. The molecule has 0 aliphatic heterocycles. The summed E-state index contributed by atoms with van der Waals surface area (Å²) in [5, 5.41) is 14.0. The number of nitrogens with one attached hydrogen (secondary N) is 1. The molecule has 1 aromatic carbocycles. The number of benzene rings is 1. The number of fused-ring (bicyclic) bond motifs is 1. The Morgan fingerprint density at radius 1 is 1.22 bits per heavy atom. The molecule has 2 N–H and O–H groups in total. The summed E-state index contributed by atoms with van der Waals surface area (Å²) >= 11 is 1.84. The minimum Gasteiger partial charge on any atom is -0.396 e. The monoisotopic (exact) mass is 263 g/mol. The quantitative estimate of drug-likeness (QED) is 0.864. The van der Waals surface area contributed by atoms with Crippen LogP contribution in [-0.4, -0.2) is 17.8 Å². The number of thiophene rings is 1. The molecule has 0 saturated heterocycles. The van der Waals surface area contributed by atoms with Crippen LogP contribution in [0.3, 0.4) is 0 Å². The Morgan fingerprint density at radius 3 is 2.61 bits per heavy atom. The fraction of sp³-hybridized carbons (Fsp3) is 0.467. The molecule has 98 valence electrons. The molecule has 3 unspecified atom stereocenters. The van der Waals surface area contributed by atoms with E-state index in [9.17, 15) is 0 Å². The van der Waals surface area contributed by atoms with Crippen molar-refractivity contribution in [2.45, 2.75) is 32.9 Å². The van der Waals surface area contributed by atoms with Gasteiger partial charge in [-0.05, 0) is 37.3 Å². The van der Waals surface area contributed by atoms with Crippen LogP contribution in [0.4, 0.5) is 0 Å². The van der Waals surface area contributed by atoms with Crippen LogP contribution >= 0.6 is 11.3 Å². The second-order valence-corrected chi connectivity index (χ2v) is 6.14. The first-order valence-corrected chi connectivity index (χ1v) is 7.29. The van der Waals surface area contributed by atoms with Gasteiger partial charge in [-0.3, -0.25) is 0 Å². The Morgan fingerprint density at radius 2 is 1.94 bits per heavy atom. The largest absolute Gasteiger partial charge is 0.396 e. The molecule has 0 spiro atoms. The minimum atomic E-state index is 0.229. The van der Waals surface area contributed by atoms with Gasteiger partial charge in [0.1, 0.15) is 0 Å². The van der Waals surface area contributed by atoms with Gasteiger partial charge in [0.05, 0.1) is 0 Å². The van der Waals surface area contributed by atoms with Crippen LogP contribution < -0.4 is 5.32 Å².